The maximum atomic E-state index is 6.76. The number of hydrogen-bond donors (Lipinski definition) is 1. The number of benzene rings is 8. The van der Waals surface area contributed by atoms with Crippen molar-refractivity contribution in [1.82, 2.24) is 4.57 Å². The Morgan fingerprint density at radius 3 is 1.93 bits per heavy atom. The van der Waals surface area contributed by atoms with Gasteiger partial charge in [-0.3, -0.25) is 4.99 Å². The molecule has 0 fully saturated rings. The molecule has 10 aromatic rings. The number of para-hydroxylation sites is 2. The molecular weight excluding hydrogens is 687 g/mol. The van der Waals surface area contributed by atoms with Gasteiger partial charge in [0.05, 0.1) is 22.2 Å². The second-order valence-corrected chi connectivity index (χ2v) is 15.5. The molecule has 0 atom stereocenters. The van der Waals surface area contributed by atoms with E-state index in [0.717, 1.165) is 27.9 Å². The summed E-state index contributed by atoms with van der Waals surface area (Å²) in [5.41, 5.74) is 19.9. The van der Waals surface area contributed by atoms with E-state index in [1.807, 2.05) is 23.5 Å². The Morgan fingerprint density at radius 1 is 0.509 bits per heavy atom. The molecule has 11 rings (SSSR count). The van der Waals surface area contributed by atoms with Crippen LogP contribution in [-0.4, -0.2) is 10.3 Å². The predicted molar refractivity (Wildman–Crippen MR) is 233 cm³/mol. The zero-order valence-corrected chi connectivity index (χ0v) is 30.8. The smallest absolute Gasteiger partial charge is 0.115 e. The summed E-state index contributed by atoms with van der Waals surface area (Å²) >= 11 is 1.82. The van der Waals surface area contributed by atoms with Crippen molar-refractivity contribution in [3.05, 3.63) is 221 Å². The third kappa shape index (κ3) is 4.65. The lowest BCUT2D eigenvalue weighted by Crippen LogP contribution is -2.28. The molecule has 55 heavy (non-hydrogen) atoms. The molecule has 1 aliphatic rings. The Labute approximate surface area is 323 Å². The number of hydrogen-bond acceptors (Lipinski definition) is 3. The van der Waals surface area contributed by atoms with Crippen molar-refractivity contribution in [2.45, 2.75) is 12.1 Å². The third-order valence-electron chi connectivity index (χ3n) is 11.6. The molecule has 2 heterocycles. The van der Waals surface area contributed by atoms with Crippen molar-refractivity contribution in [2.75, 3.05) is 5.73 Å². The van der Waals surface area contributed by atoms with Gasteiger partial charge in [0.15, 0.2) is 0 Å². The van der Waals surface area contributed by atoms with Gasteiger partial charge in [-0.05, 0) is 57.6 Å². The van der Waals surface area contributed by atoms with Gasteiger partial charge in [0.25, 0.3) is 0 Å². The van der Waals surface area contributed by atoms with Gasteiger partial charge in [-0.1, -0.05) is 164 Å². The summed E-state index contributed by atoms with van der Waals surface area (Å²) in [6, 6.07) is 68.1. The molecule has 0 saturated carbocycles. The number of aromatic nitrogens is 1. The predicted octanol–water partition coefficient (Wildman–Crippen LogP) is 12.6. The first-order chi connectivity index (χ1) is 27.2. The molecule has 0 radical (unpaired) electrons. The normalized spacial score (nSPS) is 13.5. The fraction of sp³-hybridized carbons (Fsp3) is 0.0392. The molecule has 2 aromatic heterocycles. The molecule has 8 aromatic carbocycles. The highest BCUT2D eigenvalue weighted by molar-refractivity contribution is 7.26. The molecule has 3 nitrogen and oxygen atoms in total. The summed E-state index contributed by atoms with van der Waals surface area (Å²) in [6.45, 7) is 0.421. The second kappa shape index (κ2) is 12.4. The maximum absolute atomic E-state index is 6.76. The molecule has 1 aliphatic carbocycles. The van der Waals surface area contributed by atoms with Gasteiger partial charge in [-0.15, -0.1) is 11.3 Å². The zero-order valence-electron chi connectivity index (χ0n) is 30.0. The molecule has 0 bridgehead atoms. The number of fused-ring (bicyclic) bond motifs is 9. The molecular formula is C51H35N3S. The van der Waals surface area contributed by atoms with Crippen LogP contribution in [0.25, 0.3) is 53.1 Å². The van der Waals surface area contributed by atoms with Crippen LogP contribution >= 0.6 is 11.3 Å². The Kier molecular flexibility index (Phi) is 7.16. The van der Waals surface area contributed by atoms with E-state index in [2.05, 4.69) is 180 Å². The minimum Gasteiger partial charge on any atom is -0.398 e. The standard InChI is InChI=1S/C51H35N3S/c52-45-26-11-6-21-41(45)49(42-23-14-22-40-39-20-8-13-28-48(39)55-50(40)42)53-32-54-46-27-12-7-19-37(46)38-30-29-34(31-47(38)54)51(33-15-2-1-3-16-33)43-24-9-4-17-35(43)36-18-5-10-25-44(36)51/h1-31H,32,52H2. The van der Waals surface area contributed by atoms with Gasteiger partial charge in [-0.25, -0.2) is 0 Å². The van der Waals surface area contributed by atoms with Crippen molar-refractivity contribution >= 4 is 64.7 Å². The summed E-state index contributed by atoms with van der Waals surface area (Å²) in [6.07, 6.45) is 0. The lowest BCUT2D eigenvalue weighted by molar-refractivity contribution is 0.763. The number of aliphatic imine (C=N–C) groups is 1. The number of nitrogens with two attached hydrogens (primary N) is 1. The molecule has 4 heteroatoms. The topological polar surface area (TPSA) is 43.3 Å². The monoisotopic (exact) mass is 721 g/mol. The zero-order chi connectivity index (χ0) is 36.5. The number of rotatable bonds is 6. The Bertz CT molecular complexity index is 3100. The summed E-state index contributed by atoms with van der Waals surface area (Å²) in [4.78, 5) is 5.57. The third-order valence-corrected chi connectivity index (χ3v) is 12.8. The lowest BCUT2D eigenvalue weighted by atomic mass is 9.67. The summed E-state index contributed by atoms with van der Waals surface area (Å²) < 4.78 is 4.88. The fourth-order valence-corrected chi connectivity index (χ4v) is 10.5. The molecule has 0 saturated heterocycles. The van der Waals surface area contributed by atoms with Crippen molar-refractivity contribution in [1.29, 1.82) is 0 Å². The van der Waals surface area contributed by atoms with Gasteiger partial charge in [-0.2, -0.15) is 0 Å². The van der Waals surface area contributed by atoms with E-state index in [1.165, 1.54) is 64.3 Å². The van der Waals surface area contributed by atoms with Crippen molar-refractivity contribution in [3.63, 3.8) is 0 Å². The first-order valence-corrected chi connectivity index (χ1v) is 19.6. The first-order valence-electron chi connectivity index (χ1n) is 18.8. The average molecular weight is 722 g/mol. The highest BCUT2D eigenvalue weighted by Gasteiger charge is 2.46. The fourth-order valence-electron chi connectivity index (χ4n) is 9.25. The van der Waals surface area contributed by atoms with Gasteiger partial charge >= 0.3 is 0 Å². The number of nitrogen functional groups attached to an aromatic ring is 1. The largest absolute Gasteiger partial charge is 0.398 e. The van der Waals surface area contributed by atoms with Crippen LogP contribution in [0.2, 0.25) is 0 Å². The van der Waals surface area contributed by atoms with Crippen LogP contribution in [-0.2, 0) is 12.1 Å². The first kappa shape index (κ1) is 31.7. The Balaban J connectivity index is 1.17. The summed E-state index contributed by atoms with van der Waals surface area (Å²) in [5.74, 6) is 0. The number of anilines is 1. The average Bonchev–Trinajstić information content (AvgIpc) is 3.88. The van der Waals surface area contributed by atoms with E-state index in [4.69, 9.17) is 10.7 Å². The van der Waals surface area contributed by atoms with E-state index in [-0.39, 0.29) is 0 Å². The molecule has 0 spiro atoms. The van der Waals surface area contributed by atoms with E-state index < -0.39 is 5.41 Å². The summed E-state index contributed by atoms with van der Waals surface area (Å²) in [7, 11) is 0. The van der Waals surface area contributed by atoms with Gasteiger partial charge < -0.3 is 10.3 Å². The van der Waals surface area contributed by atoms with Crippen LogP contribution in [0.1, 0.15) is 33.4 Å². The van der Waals surface area contributed by atoms with Gasteiger partial charge in [0, 0.05) is 47.8 Å². The molecule has 0 unspecified atom stereocenters. The quantitative estimate of drug-likeness (QED) is 0.135. The molecule has 260 valence electrons. The van der Waals surface area contributed by atoms with E-state index in [0.29, 0.717) is 12.4 Å². The Hall–Kier alpha value is -6.75. The highest BCUT2D eigenvalue weighted by Crippen LogP contribution is 2.56. The summed E-state index contributed by atoms with van der Waals surface area (Å²) in [5, 5.41) is 4.93. The Morgan fingerprint density at radius 2 is 1.13 bits per heavy atom. The van der Waals surface area contributed by atoms with E-state index in [1.54, 1.807) is 0 Å². The molecule has 0 amide bonds. The van der Waals surface area contributed by atoms with Crippen molar-refractivity contribution in [3.8, 4) is 11.1 Å². The molecule has 2 N–H and O–H groups in total. The highest BCUT2D eigenvalue weighted by atomic mass is 32.1. The van der Waals surface area contributed by atoms with Crippen LogP contribution in [0, 0.1) is 0 Å². The van der Waals surface area contributed by atoms with Gasteiger partial charge in [0.1, 0.15) is 6.67 Å². The number of nitrogens with zero attached hydrogens (tertiary/aromatic N) is 2. The maximum Gasteiger partial charge on any atom is 0.115 e. The minimum atomic E-state index is -0.492. The van der Waals surface area contributed by atoms with Gasteiger partial charge in [0.2, 0.25) is 0 Å². The van der Waals surface area contributed by atoms with Crippen LogP contribution in [0.3, 0.4) is 0 Å². The van der Waals surface area contributed by atoms with Crippen LogP contribution in [0.5, 0.6) is 0 Å². The molecule has 0 aliphatic heterocycles. The van der Waals surface area contributed by atoms with E-state index >= 15 is 0 Å². The lowest BCUT2D eigenvalue weighted by Gasteiger charge is -2.34. The van der Waals surface area contributed by atoms with Crippen molar-refractivity contribution in [2.24, 2.45) is 4.99 Å². The second-order valence-electron chi connectivity index (χ2n) is 14.4. The van der Waals surface area contributed by atoms with Crippen LogP contribution in [0.4, 0.5) is 5.69 Å². The minimum absolute atomic E-state index is 0.421. The SMILES string of the molecule is Nc1ccccc1C(=NCn1c2ccccc2c2ccc(C3(c4ccccc4)c4ccccc4-c4ccccc43)cc21)c1cccc2c1sc1ccccc12. The van der Waals surface area contributed by atoms with Crippen molar-refractivity contribution < 1.29 is 0 Å². The van der Waals surface area contributed by atoms with Crippen LogP contribution in [0.15, 0.2) is 193 Å². The van der Waals surface area contributed by atoms with Crippen LogP contribution < -0.4 is 5.73 Å². The number of thiophene rings is 1. The van der Waals surface area contributed by atoms with E-state index in [9.17, 15) is 0 Å².